The van der Waals surface area contributed by atoms with Crippen molar-refractivity contribution < 1.29 is 4.74 Å². The first-order valence-electron chi connectivity index (χ1n) is 2.11. The van der Waals surface area contributed by atoms with Gasteiger partial charge in [-0.1, -0.05) is 5.10 Å². The van der Waals surface area contributed by atoms with Crippen LogP contribution in [0, 0.1) is 6.61 Å². The fourth-order valence-corrected chi connectivity index (χ4v) is 0.312. The van der Waals surface area contributed by atoms with Crippen molar-refractivity contribution >= 4 is 0 Å². The Morgan fingerprint density at radius 1 is 1.75 bits per heavy atom. The molecule has 0 unspecified atom stereocenters. The van der Waals surface area contributed by atoms with E-state index < -0.39 is 0 Å². The summed E-state index contributed by atoms with van der Waals surface area (Å²) in [6.45, 7) is 3.23. The third-order valence-corrected chi connectivity index (χ3v) is 0.555. The first kappa shape index (κ1) is 5.02. The summed E-state index contributed by atoms with van der Waals surface area (Å²) in [5, 5.41) is 12.4. The van der Waals surface area contributed by atoms with Gasteiger partial charge in [0.05, 0.1) is 0 Å². The fourth-order valence-electron chi connectivity index (χ4n) is 0.312. The maximum absolute atomic E-state index is 4.73. The second-order valence-electron chi connectivity index (χ2n) is 1.06. The van der Waals surface area contributed by atoms with E-state index in [2.05, 4.69) is 20.6 Å². The summed E-state index contributed by atoms with van der Waals surface area (Å²) in [5.41, 5.74) is 0. The van der Waals surface area contributed by atoms with Crippen molar-refractivity contribution in [3.8, 4) is 6.01 Å². The van der Waals surface area contributed by atoms with E-state index in [-0.39, 0.29) is 0 Å². The molecule has 0 aromatic carbocycles. The Morgan fingerprint density at radius 2 is 2.62 bits per heavy atom. The molecule has 0 saturated heterocycles. The van der Waals surface area contributed by atoms with Gasteiger partial charge in [-0.15, -0.1) is 0 Å². The molecule has 1 heterocycles. The Hall–Kier alpha value is -1.13. The van der Waals surface area contributed by atoms with Crippen molar-refractivity contribution in [2.24, 2.45) is 0 Å². The molecule has 1 aromatic heterocycles. The number of ether oxygens (including phenoxy) is 1. The zero-order chi connectivity index (χ0) is 5.82. The van der Waals surface area contributed by atoms with Gasteiger partial charge < -0.3 is 4.74 Å². The predicted octanol–water partition coefficient (Wildman–Crippen LogP) is -0.240. The molecule has 0 saturated carbocycles. The summed E-state index contributed by atoms with van der Waals surface area (Å²) in [6.07, 6.45) is 0. The van der Waals surface area contributed by atoms with Gasteiger partial charge in [0.1, 0.15) is 6.61 Å². The van der Waals surface area contributed by atoms with E-state index in [1.54, 1.807) is 6.92 Å². The maximum Gasteiger partial charge on any atom is 0.333 e. The number of tetrazole rings is 1. The maximum atomic E-state index is 4.73. The number of hydrogen-bond donors (Lipinski definition) is 1. The molecule has 0 bridgehead atoms. The van der Waals surface area contributed by atoms with Gasteiger partial charge in [-0.05, 0) is 17.4 Å². The molecule has 5 heteroatoms. The first-order valence-corrected chi connectivity index (χ1v) is 2.11. The molecule has 1 aromatic rings. The molecule has 0 aliphatic rings. The quantitative estimate of drug-likeness (QED) is 0.574. The van der Waals surface area contributed by atoms with Gasteiger partial charge in [0.25, 0.3) is 0 Å². The number of aromatic nitrogens is 4. The molecule has 0 aliphatic carbocycles. The van der Waals surface area contributed by atoms with E-state index >= 15 is 0 Å². The summed E-state index contributed by atoms with van der Waals surface area (Å²) in [6, 6.07) is 0.313. The molecule has 0 amide bonds. The molecule has 0 aliphatic heterocycles. The van der Waals surface area contributed by atoms with E-state index in [0.717, 1.165) is 0 Å². The second-order valence-corrected chi connectivity index (χ2v) is 1.06. The van der Waals surface area contributed by atoms with Gasteiger partial charge in [-0.3, -0.25) is 0 Å². The van der Waals surface area contributed by atoms with Crippen molar-refractivity contribution in [3.63, 3.8) is 0 Å². The molecule has 5 nitrogen and oxygen atoms in total. The number of nitrogens with zero attached hydrogens (tertiary/aromatic N) is 3. The summed E-state index contributed by atoms with van der Waals surface area (Å²) in [4.78, 5) is 0. The van der Waals surface area contributed by atoms with Crippen LogP contribution in [0.4, 0.5) is 0 Å². The van der Waals surface area contributed by atoms with Crippen LogP contribution in [0.1, 0.15) is 6.92 Å². The lowest BCUT2D eigenvalue weighted by Crippen LogP contribution is -1.86. The lowest BCUT2D eigenvalue weighted by Gasteiger charge is -1.88. The Morgan fingerprint density at radius 3 is 3.12 bits per heavy atom. The van der Waals surface area contributed by atoms with Gasteiger partial charge in [0.15, 0.2) is 0 Å². The van der Waals surface area contributed by atoms with Crippen LogP contribution in [0.5, 0.6) is 6.01 Å². The van der Waals surface area contributed by atoms with Crippen LogP contribution < -0.4 is 4.74 Å². The zero-order valence-corrected chi connectivity index (χ0v) is 4.33. The van der Waals surface area contributed by atoms with Crippen molar-refractivity contribution in [2.75, 3.05) is 0 Å². The highest BCUT2D eigenvalue weighted by atomic mass is 16.5. The van der Waals surface area contributed by atoms with Gasteiger partial charge in [0.2, 0.25) is 0 Å². The third kappa shape index (κ3) is 0.927. The predicted molar refractivity (Wildman–Crippen MR) is 24.8 cm³/mol. The average Bonchev–Trinajstić information content (AvgIpc) is 2.19. The standard InChI is InChI=1S/C3H5N4O/c1-2-8-3-4-6-7-5-3/h2H,1H3,(H,4,5,6,7). The largest absolute Gasteiger partial charge is 0.456 e. The summed E-state index contributed by atoms with van der Waals surface area (Å²) in [5.74, 6) is 0. The van der Waals surface area contributed by atoms with Crippen LogP contribution in [0.3, 0.4) is 0 Å². The highest BCUT2D eigenvalue weighted by Gasteiger charge is 1.91. The molecule has 0 fully saturated rings. The lowest BCUT2D eigenvalue weighted by atomic mass is 10.9. The minimum atomic E-state index is 0.313. The average molecular weight is 113 g/mol. The second kappa shape index (κ2) is 2.25. The lowest BCUT2D eigenvalue weighted by molar-refractivity contribution is 0.383. The van der Waals surface area contributed by atoms with Crippen LogP contribution in [0.2, 0.25) is 0 Å². The number of nitrogens with one attached hydrogen (secondary N) is 1. The number of hydrogen-bond acceptors (Lipinski definition) is 4. The topological polar surface area (TPSA) is 63.7 Å². The van der Waals surface area contributed by atoms with Gasteiger partial charge in [-0.2, -0.15) is 0 Å². The van der Waals surface area contributed by atoms with E-state index in [9.17, 15) is 0 Å². The van der Waals surface area contributed by atoms with Crippen molar-refractivity contribution in [2.45, 2.75) is 6.92 Å². The minimum absolute atomic E-state index is 0.313. The molecule has 43 valence electrons. The van der Waals surface area contributed by atoms with E-state index in [0.29, 0.717) is 6.01 Å². The fraction of sp³-hybridized carbons (Fsp3) is 0.333. The van der Waals surface area contributed by atoms with Gasteiger partial charge >= 0.3 is 6.01 Å². The highest BCUT2D eigenvalue weighted by Crippen LogP contribution is 1.93. The van der Waals surface area contributed by atoms with E-state index in [1.807, 2.05) is 0 Å². The van der Waals surface area contributed by atoms with Gasteiger partial charge in [0, 0.05) is 0 Å². The zero-order valence-electron chi connectivity index (χ0n) is 4.33. The van der Waals surface area contributed by atoms with Crippen molar-refractivity contribution in [1.29, 1.82) is 0 Å². The number of H-pyrrole nitrogens is 1. The molecule has 0 spiro atoms. The van der Waals surface area contributed by atoms with Crippen LogP contribution in [0.25, 0.3) is 0 Å². The Bertz CT molecular complexity index is 137. The minimum Gasteiger partial charge on any atom is -0.456 e. The van der Waals surface area contributed by atoms with Crippen LogP contribution in [-0.4, -0.2) is 20.6 Å². The summed E-state index contributed by atoms with van der Waals surface area (Å²) in [7, 11) is 0. The SMILES string of the molecule is C[CH]Oc1nnn[nH]1. The molecule has 1 N–H and O–H groups in total. The monoisotopic (exact) mass is 113 g/mol. The van der Waals surface area contributed by atoms with E-state index in [1.165, 1.54) is 6.61 Å². The Kier molecular flexibility index (Phi) is 1.41. The van der Waals surface area contributed by atoms with E-state index in [4.69, 9.17) is 4.74 Å². The number of aromatic amines is 1. The third-order valence-electron chi connectivity index (χ3n) is 0.555. The van der Waals surface area contributed by atoms with Crippen LogP contribution >= 0.6 is 0 Å². The Balaban J connectivity index is 2.50. The van der Waals surface area contributed by atoms with Crippen LogP contribution in [0.15, 0.2) is 0 Å². The summed E-state index contributed by atoms with van der Waals surface area (Å²) >= 11 is 0. The van der Waals surface area contributed by atoms with Crippen molar-refractivity contribution in [1.82, 2.24) is 20.6 Å². The molecule has 8 heavy (non-hydrogen) atoms. The summed E-state index contributed by atoms with van der Waals surface area (Å²) < 4.78 is 4.73. The highest BCUT2D eigenvalue weighted by molar-refractivity contribution is 4.81. The van der Waals surface area contributed by atoms with Gasteiger partial charge in [-0.25, -0.2) is 5.10 Å². The molecular formula is C3H5N4O. The van der Waals surface area contributed by atoms with Crippen LogP contribution in [-0.2, 0) is 0 Å². The molecule has 0 atom stereocenters. The Labute approximate surface area is 46.0 Å². The molecule has 1 radical (unpaired) electrons. The molecular weight excluding hydrogens is 108 g/mol. The first-order chi connectivity index (χ1) is 3.93. The number of rotatable bonds is 2. The molecule has 1 rings (SSSR count). The normalized spacial score (nSPS) is 9.12. The van der Waals surface area contributed by atoms with Crippen molar-refractivity contribution in [3.05, 3.63) is 6.61 Å². The smallest absolute Gasteiger partial charge is 0.333 e.